The molecular weight excluding hydrogens is 292 g/mol. The summed E-state index contributed by atoms with van der Waals surface area (Å²) in [5.41, 5.74) is 3.53. The average molecular weight is 312 g/mol. The zero-order valence-electron chi connectivity index (χ0n) is 11.8. The summed E-state index contributed by atoms with van der Waals surface area (Å²) in [7, 11) is 0. The van der Waals surface area contributed by atoms with Crippen molar-refractivity contribution in [3.8, 4) is 0 Å². The van der Waals surface area contributed by atoms with Gasteiger partial charge in [-0.05, 0) is 24.3 Å². The Labute approximate surface area is 127 Å². The first-order valence-corrected chi connectivity index (χ1v) is 7.75. The van der Waals surface area contributed by atoms with Crippen LogP contribution in [0.4, 0.5) is 4.79 Å². The first kappa shape index (κ1) is 15.8. The molecule has 21 heavy (non-hydrogen) atoms. The molecule has 0 atom stereocenters. The number of likely N-dealkylation sites (tertiary alicyclic amines) is 1. The summed E-state index contributed by atoms with van der Waals surface area (Å²) < 4.78 is 5.67. The Morgan fingerprint density at radius 2 is 2.24 bits per heavy atom. The minimum absolute atomic E-state index is 0.115. The molecule has 6 nitrogen and oxygen atoms in total. The van der Waals surface area contributed by atoms with Gasteiger partial charge in [0.15, 0.2) is 0 Å². The van der Waals surface area contributed by atoms with Crippen LogP contribution >= 0.6 is 11.3 Å². The summed E-state index contributed by atoms with van der Waals surface area (Å²) >= 11 is 1.59. The Kier molecular flexibility index (Phi) is 6.04. The van der Waals surface area contributed by atoms with E-state index >= 15 is 0 Å². The van der Waals surface area contributed by atoms with E-state index in [1.54, 1.807) is 11.3 Å². The third-order valence-corrected chi connectivity index (χ3v) is 4.20. The number of carbonyl (C=O) groups is 1. The van der Waals surface area contributed by atoms with Gasteiger partial charge >= 0.3 is 6.09 Å². The Balaban J connectivity index is 1.53. The highest BCUT2D eigenvalue weighted by Gasteiger charge is 2.22. The van der Waals surface area contributed by atoms with Crippen LogP contribution in [0.25, 0.3) is 5.70 Å². The summed E-state index contributed by atoms with van der Waals surface area (Å²) in [4.78, 5) is 18.5. The maximum atomic E-state index is 10.8. The number of nitrogens with zero attached hydrogens (tertiary/aromatic N) is 1. The molecule has 1 aromatic rings. The summed E-state index contributed by atoms with van der Waals surface area (Å²) in [5.74, 6) is 0. The molecule has 7 heteroatoms. The van der Waals surface area contributed by atoms with Gasteiger partial charge in [0, 0.05) is 13.1 Å². The third-order valence-electron chi connectivity index (χ3n) is 3.27. The molecule has 1 amide bonds. The lowest BCUT2D eigenvalue weighted by molar-refractivity contribution is -0.0328. The van der Waals surface area contributed by atoms with E-state index in [1.807, 2.05) is 17.5 Å². The monoisotopic (exact) mass is 312 g/mol. The van der Waals surface area contributed by atoms with Crippen LogP contribution in [0.2, 0.25) is 0 Å². The highest BCUT2D eigenvalue weighted by atomic mass is 32.1. The van der Waals surface area contributed by atoms with Gasteiger partial charge in [-0.15, -0.1) is 11.3 Å². The van der Waals surface area contributed by atoms with Crippen molar-refractivity contribution in [3.63, 3.8) is 0 Å². The van der Waals surface area contributed by atoms with Crippen molar-refractivity contribution < 1.29 is 19.5 Å². The van der Waals surface area contributed by atoms with Crippen molar-refractivity contribution in [1.29, 1.82) is 0 Å². The van der Waals surface area contributed by atoms with Crippen molar-refractivity contribution in [3.05, 3.63) is 29.0 Å². The molecule has 0 spiro atoms. The molecule has 1 aromatic heterocycles. The average Bonchev–Trinajstić information content (AvgIpc) is 3.01. The summed E-state index contributed by atoms with van der Waals surface area (Å²) in [5, 5.41) is 10.8. The smallest absolute Gasteiger partial charge is 0.407 e. The van der Waals surface area contributed by atoms with Crippen molar-refractivity contribution in [1.82, 2.24) is 10.4 Å². The van der Waals surface area contributed by atoms with Crippen LogP contribution in [0.15, 0.2) is 24.1 Å². The molecular formula is C14H20N2O4S. The number of thiophene rings is 1. The summed E-state index contributed by atoms with van der Waals surface area (Å²) in [6.45, 7) is 5.85. The van der Waals surface area contributed by atoms with E-state index in [1.165, 1.54) is 4.90 Å². The van der Waals surface area contributed by atoms with E-state index in [2.05, 4.69) is 12.1 Å². The van der Waals surface area contributed by atoms with E-state index in [-0.39, 0.29) is 6.10 Å². The Bertz CT molecular complexity index is 456. The van der Waals surface area contributed by atoms with Crippen LogP contribution in [0.1, 0.15) is 17.7 Å². The molecule has 1 aliphatic rings. The van der Waals surface area contributed by atoms with Crippen LogP contribution in [-0.4, -0.2) is 48.5 Å². The Morgan fingerprint density at radius 3 is 2.86 bits per heavy atom. The molecule has 0 bridgehead atoms. The number of hydroxylamine groups is 1. The molecule has 0 saturated carbocycles. The van der Waals surface area contributed by atoms with Gasteiger partial charge in [0.1, 0.15) is 0 Å². The van der Waals surface area contributed by atoms with E-state index in [0.717, 1.165) is 23.4 Å². The van der Waals surface area contributed by atoms with Crippen LogP contribution < -0.4 is 5.48 Å². The number of carboxylic acid groups (broad SMARTS) is 1. The van der Waals surface area contributed by atoms with Crippen molar-refractivity contribution in [2.45, 2.75) is 18.9 Å². The molecule has 1 fully saturated rings. The van der Waals surface area contributed by atoms with Gasteiger partial charge in [0.25, 0.3) is 0 Å². The first-order chi connectivity index (χ1) is 10.2. The molecule has 1 aliphatic heterocycles. The second-order valence-electron chi connectivity index (χ2n) is 4.75. The summed E-state index contributed by atoms with van der Waals surface area (Å²) in [6, 6.07) is 3.93. The normalized spacial score (nSPS) is 15.9. The molecule has 1 saturated heterocycles. The minimum atomic E-state index is -0.854. The van der Waals surface area contributed by atoms with Gasteiger partial charge < -0.3 is 14.7 Å². The van der Waals surface area contributed by atoms with Gasteiger partial charge in [0.05, 0.1) is 29.9 Å². The molecule has 2 heterocycles. The standard InChI is InChI=1S/C14H20N2O4S/c1-11(13-3-2-10-21-13)15-20-9-8-19-12-4-6-16(7-5-12)14(17)18/h2-3,10,12,15H,1,4-9H2,(H,17,18). The largest absolute Gasteiger partial charge is 0.465 e. The maximum Gasteiger partial charge on any atom is 0.407 e. The van der Waals surface area contributed by atoms with Crippen molar-refractivity contribution in [2.24, 2.45) is 0 Å². The Morgan fingerprint density at radius 1 is 1.48 bits per heavy atom. The van der Waals surface area contributed by atoms with Crippen LogP contribution in [-0.2, 0) is 9.57 Å². The predicted molar refractivity (Wildman–Crippen MR) is 81.0 cm³/mol. The number of ether oxygens (including phenoxy) is 1. The SMILES string of the molecule is C=C(NOCCOC1CCN(C(=O)O)CC1)c1cccs1. The number of piperidine rings is 1. The maximum absolute atomic E-state index is 10.8. The number of hydrogen-bond acceptors (Lipinski definition) is 5. The lowest BCUT2D eigenvalue weighted by atomic mass is 10.1. The lowest BCUT2D eigenvalue weighted by Crippen LogP contribution is -2.40. The molecule has 116 valence electrons. The fraction of sp³-hybridized carbons (Fsp3) is 0.500. The second-order valence-corrected chi connectivity index (χ2v) is 5.69. The van der Waals surface area contributed by atoms with Crippen molar-refractivity contribution in [2.75, 3.05) is 26.3 Å². The quantitative estimate of drug-likeness (QED) is 0.597. The van der Waals surface area contributed by atoms with E-state index in [0.29, 0.717) is 26.3 Å². The molecule has 2 N–H and O–H groups in total. The van der Waals surface area contributed by atoms with Gasteiger partial charge in [-0.1, -0.05) is 12.6 Å². The third kappa shape index (κ3) is 5.04. The van der Waals surface area contributed by atoms with E-state index in [4.69, 9.17) is 14.7 Å². The van der Waals surface area contributed by atoms with Gasteiger partial charge in [-0.25, -0.2) is 4.79 Å². The van der Waals surface area contributed by atoms with Gasteiger partial charge in [-0.3, -0.25) is 10.3 Å². The van der Waals surface area contributed by atoms with Crippen LogP contribution in [0.3, 0.4) is 0 Å². The fourth-order valence-corrected chi connectivity index (χ4v) is 2.75. The summed E-state index contributed by atoms with van der Waals surface area (Å²) in [6.07, 6.45) is 0.737. The highest BCUT2D eigenvalue weighted by Crippen LogP contribution is 2.16. The highest BCUT2D eigenvalue weighted by molar-refractivity contribution is 7.11. The number of rotatable bonds is 7. The van der Waals surface area contributed by atoms with Gasteiger partial charge in [-0.2, -0.15) is 0 Å². The molecule has 2 rings (SSSR count). The first-order valence-electron chi connectivity index (χ1n) is 6.87. The molecule has 0 radical (unpaired) electrons. The number of nitrogens with one attached hydrogen (secondary N) is 1. The van der Waals surface area contributed by atoms with E-state index in [9.17, 15) is 4.79 Å². The predicted octanol–water partition coefficient (Wildman–Crippen LogP) is 2.40. The molecule has 0 aromatic carbocycles. The topological polar surface area (TPSA) is 71.0 Å². The van der Waals surface area contributed by atoms with Gasteiger partial charge in [0.2, 0.25) is 0 Å². The minimum Gasteiger partial charge on any atom is -0.465 e. The molecule has 0 unspecified atom stereocenters. The second kappa shape index (κ2) is 8.02. The molecule has 0 aliphatic carbocycles. The number of hydrogen-bond donors (Lipinski definition) is 2. The zero-order chi connectivity index (χ0) is 15.1. The van der Waals surface area contributed by atoms with Crippen LogP contribution in [0, 0.1) is 0 Å². The fourth-order valence-electron chi connectivity index (χ4n) is 2.11. The van der Waals surface area contributed by atoms with Crippen LogP contribution in [0.5, 0.6) is 0 Å². The lowest BCUT2D eigenvalue weighted by Gasteiger charge is -2.29. The van der Waals surface area contributed by atoms with Crippen molar-refractivity contribution >= 4 is 23.1 Å². The Hall–Kier alpha value is -1.57. The zero-order valence-corrected chi connectivity index (χ0v) is 12.6. The van der Waals surface area contributed by atoms with E-state index < -0.39 is 6.09 Å². The number of amides is 1.